The lowest BCUT2D eigenvalue weighted by atomic mass is 10.1. The van der Waals surface area contributed by atoms with Crippen molar-refractivity contribution >= 4 is 11.9 Å². The molecule has 1 rings (SSSR count). The maximum absolute atomic E-state index is 11.3. The van der Waals surface area contributed by atoms with E-state index in [-0.39, 0.29) is 6.42 Å². The third-order valence-electron chi connectivity index (χ3n) is 2.02. The number of rotatable bonds is 4. The van der Waals surface area contributed by atoms with Gasteiger partial charge in [-0.25, -0.2) is 4.79 Å². The Bertz CT molecular complexity index is 385. The highest BCUT2D eigenvalue weighted by atomic mass is 16.4. The van der Waals surface area contributed by atoms with Crippen molar-refractivity contribution in [2.24, 2.45) is 0 Å². The van der Waals surface area contributed by atoms with Gasteiger partial charge in [-0.3, -0.25) is 4.79 Å². The van der Waals surface area contributed by atoms with Crippen molar-refractivity contribution in [2.45, 2.75) is 19.6 Å². The molecule has 5 heteroatoms. The molecule has 0 spiro atoms. The minimum Gasteiger partial charge on any atom is -0.478 e. The van der Waals surface area contributed by atoms with Gasteiger partial charge in [0.05, 0.1) is 6.42 Å². The average molecular weight is 223 g/mol. The summed E-state index contributed by atoms with van der Waals surface area (Å²) < 4.78 is 0. The van der Waals surface area contributed by atoms with E-state index in [9.17, 15) is 9.59 Å². The Morgan fingerprint density at radius 3 is 2.38 bits per heavy atom. The Labute approximate surface area is 92.7 Å². The standard InChI is InChI=1S/C11H13NO4/c1-7-2-4-8(5-3-7)6-9(13)12-10(14)11(15)16/h2-5,10,14H,6H2,1H3,(H,12,13)(H,15,16). The van der Waals surface area contributed by atoms with Crippen LogP contribution < -0.4 is 5.32 Å². The van der Waals surface area contributed by atoms with Crippen LogP contribution in [0.1, 0.15) is 11.1 Å². The number of amides is 1. The molecule has 0 aliphatic rings. The summed E-state index contributed by atoms with van der Waals surface area (Å²) in [6.07, 6.45) is -1.80. The van der Waals surface area contributed by atoms with Crippen molar-refractivity contribution in [3.63, 3.8) is 0 Å². The fourth-order valence-electron chi connectivity index (χ4n) is 1.16. The third-order valence-corrected chi connectivity index (χ3v) is 2.02. The monoisotopic (exact) mass is 223 g/mol. The van der Waals surface area contributed by atoms with Gasteiger partial charge in [0, 0.05) is 0 Å². The molecule has 0 radical (unpaired) electrons. The number of carbonyl (C=O) groups is 2. The molecule has 5 nitrogen and oxygen atoms in total. The Balaban J connectivity index is 2.52. The predicted molar refractivity (Wildman–Crippen MR) is 56.7 cm³/mol. The first-order valence-electron chi connectivity index (χ1n) is 4.75. The lowest BCUT2D eigenvalue weighted by Gasteiger charge is -2.08. The summed E-state index contributed by atoms with van der Waals surface area (Å²) in [5.41, 5.74) is 1.84. The molecule has 1 atom stereocenters. The molecule has 0 bridgehead atoms. The highest BCUT2D eigenvalue weighted by Gasteiger charge is 2.15. The second kappa shape index (κ2) is 5.27. The highest BCUT2D eigenvalue weighted by Crippen LogP contribution is 2.03. The summed E-state index contributed by atoms with van der Waals surface area (Å²) in [6.45, 7) is 1.93. The van der Waals surface area contributed by atoms with Crippen LogP contribution >= 0.6 is 0 Å². The molecule has 16 heavy (non-hydrogen) atoms. The highest BCUT2D eigenvalue weighted by molar-refractivity contribution is 5.83. The first-order chi connectivity index (χ1) is 7.49. The summed E-state index contributed by atoms with van der Waals surface area (Å²) in [4.78, 5) is 21.5. The lowest BCUT2D eigenvalue weighted by Crippen LogP contribution is -2.41. The zero-order valence-corrected chi connectivity index (χ0v) is 8.80. The van der Waals surface area contributed by atoms with E-state index >= 15 is 0 Å². The van der Waals surface area contributed by atoms with Gasteiger partial charge < -0.3 is 15.5 Å². The molecule has 0 aliphatic carbocycles. The molecule has 0 fully saturated rings. The summed E-state index contributed by atoms with van der Waals surface area (Å²) in [7, 11) is 0. The first-order valence-corrected chi connectivity index (χ1v) is 4.75. The van der Waals surface area contributed by atoms with Gasteiger partial charge in [-0.2, -0.15) is 0 Å². The number of aliphatic hydroxyl groups excluding tert-OH is 1. The van der Waals surface area contributed by atoms with Crippen LogP contribution in [0.4, 0.5) is 0 Å². The molecule has 1 amide bonds. The summed E-state index contributed by atoms with van der Waals surface area (Å²) >= 11 is 0. The SMILES string of the molecule is Cc1ccc(CC(=O)NC(O)C(=O)O)cc1. The number of aliphatic carboxylic acids is 1. The summed E-state index contributed by atoms with van der Waals surface area (Å²) in [6, 6.07) is 7.27. The van der Waals surface area contributed by atoms with Crippen LogP contribution in [0.5, 0.6) is 0 Å². The van der Waals surface area contributed by atoms with E-state index < -0.39 is 18.1 Å². The molecule has 0 aromatic heterocycles. The van der Waals surface area contributed by atoms with Crippen LogP contribution in [-0.4, -0.2) is 28.3 Å². The molecule has 0 saturated heterocycles. The average Bonchev–Trinajstić information content (AvgIpc) is 2.21. The largest absolute Gasteiger partial charge is 0.478 e. The predicted octanol–water partition coefficient (Wildman–Crippen LogP) is 0.0567. The number of hydrogen-bond donors (Lipinski definition) is 3. The number of carboxylic acids is 1. The van der Waals surface area contributed by atoms with E-state index in [0.717, 1.165) is 11.1 Å². The topological polar surface area (TPSA) is 86.6 Å². The molecule has 86 valence electrons. The minimum absolute atomic E-state index is 0.0462. The number of nitrogens with one attached hydrogen (secondary N) is 1. The maximum atomic E-state index is 11.3. The van der Waals surface area contributed by atoms with Gasteiger partial charge in [-0.1, -0.05) is 29.8 Å². The molecular weight excluding hydrogens is 210 g/mol. The smallest absolute Gasteiger partial charge is 0.353 e. The zero-order chi connectivity index (χ0) is 12.1. The number of benzene rings is 1. The van der Waals surface area contributed by atoms with Gasteiger partial charge >= 0.3 is 5.97 Å². The van der Waals surface area contributed by atoms with Gasteiger partial charge in [0.25, 0.3) is 0 Å². The van der Waals surface area contributed by atoms with E-state index in [1.54, 1.807) is 12.1 Å². The van der Waals surface area contributed by atoms with Gasteiger partial charge in [0.2, 0.25) is 12.1 Å². The van der Waals surface area contributed by atoms with Crippen molar-refractivity contribution in [1.82, 2.24) is 5.32 Å². The minimum atomic E-state index is -1.85. The molecule has 3 N–H and O–H groups in total. The second-order valence-corrected chi connectivity index (χ2v) is 3.47. The molecule has 1 aromatic carbocycles. The summed E-state index contributed by atoms with van der Waals surface area (Å²) in [5, 5.41) is 19.2. The van der Waals surface area contributed by atoms with Gasteiger partial charge in [-0.15, -0.1) is 0 Å². The van der Waals surface area contributed by atoms with Crippen molar-refractivity contribution in [3.05, 3.63) is 35.4 Å². The van der Waals surface area contributed by atoms with Crippen LogP contribution in [0.15, 0.2) is 24.3 Å². The number of carbonyl (C=O) groups excluding carboxylic acids is 1. The zero-order valence-electron chi connectivity index (χ0n) is 8.80. The van der Waals surface area contributed by atoms with E-state index in [0.29, 0.717) is 0 Å². The van der Waals surface area contributed by atoms with E-state index in [2.05, 4.69) is 0 Å². The molecule has 0 heterocycles. The van der Waals surface area contributed by atoms with Crippen LogP contribution in [0.2, 0.25) is 0 Å². The Morgan fingerprint density at radius 2 is 1.88 bits per heavy atom. The lowest BCUT2D eigenvalue weighted by molar-refractivity contribution is -0.151. The quantitative estimate of drug-likeness (QED) is 0.630. The van der Waals surface area contributed by atoms with Crippen LogP contribution in [0.3, 0.4) is 0 Å². The fraction of sp³-hybridized carbons (Fsp3) is 0.273. The normalized spacial score (nSPS) is 11.9. The third kappa shape index (κ3) is 3.70. The number of hydrogen-bond acceptors (Lipinski definition) is 3. The second-order valence-electron chi connectivity index (χ2n) is 3.47. The number of aryl methyl sites for hydroxylation is 1. The van der Waals surface area contributed by atoms with Crippen molar-refractivity contribution in [2.75, 3.05) is 0 Å². The molecule has 0 saturated carbocycles. The first kappa shape index (κ1) is 12.2. The van der Waals surface area contributed by atoms with Gasteiger partial charge in [0.15, 0.2) is 0 Å². The molecular formula is C11H13NO4. The summed E-state index contributed by atoms with van der Waals surface area (Å²) in [5.74, 6) is -2.00. The molecule has 0 aliphatic heterocycles. The van der Waals surface area contributed by atoms with Gasteiger partial charge in [0.1, 0.15) is 0 Å². The Morgan fingerprint density at radius 1 is 1.31 bits per heavy atom. The number of carboxylic acid groups (broad SMARTS) is 1. The Hall–Kier alpha value is -1.88. The molecule has 1 unspecified atom stereocenters. The van der Waals surface area contributed by atoms with E-state index in [4.69, 9.17) is 10.2 Å². The maximum Gasteiger partial charge on any atom is 0.353 e. The van der Waals surface area contributed by atoms with Crippen LogP contribution in [0.25, 0.3) is 0 Å². The van der Waals surface area contributed by atoms with Gasteiger partial charge in [-0.05, 0) is 12.5 Å². The van der Waals surface area contributed by atoms with Crippen LogP contribution in [0, 0.1) is 6.92 Å². The van der Waals surface area contributed by atoms with E-state index in [1.807, 2.05) is 24.4 Å². The van der Waals surface area contributed by atoms with Crippen molar-refractivity contribution < 1.29 is 19.8 Å². The van der Waals surface area contributed by atoms with Crippen molar-refractivity contribution in [3.8, 4) is 0 Å². The van der Waals surface area contributed by atoms with Crippen molar-refractivity contribution in [1.29, 1.82) is 0 Å². The van der Waals surface area contributed by atoms with E-state index in [1.165, 1.54) is 0 Å². The molecule has 1 aromatic rings. The number of aliphatic hydroxyl groups is 1. The fourth-order valence-corrected chi connectivity index (χ4v) is 1.16. The van der Waals surface area contributed by atoms with Crippen LogP contribution in [-0.2, 0) is 16.0 Å². The Kier molecular flexibility index (Phi) is 4.02.